The van der Waals surface area contributed by atoms with Crippen LogP contribution in [0.2, 0.25) is 0 Å². The summed E-state index contributed by atoms with van der Waals surface area (Å²) in [7, 11) is 0. The summed E-state index contributed by atoms with van der Waals surface area (Å²) in [5, 5.41) is 12.9. The Labute approximate surface area is 180 Å². The van der Waals surface area contributed by atoms with E-state index in [0.717, 1.165) is 60.0 Å². The van der Waals surface area contributed by atoms with Crippen molar-refractivity contribution in [3.05, 3.63) is 0 Å². The van der Waals surface area contributed by atoms with E-state index < -0.39 is 0 Å². The molecule has 4 aliphatic rings. The molecule has 1 N–H and O–H groups in total. The molecule has 0 aromatic carbocycles. The van der Waals surface area contributed by atoms with Crippen molar-refractivity contribution in [2.24, 2.45) is 57.4 Å². The normalized spacial score (nSPS) is 47.0. The van der Waals surface area contributed by atoms with E-state index in [0.29, 0.717) is 10.8 Å². The van der Waals surface area contributed by atoms with E-state index in [4.69, 9.17) is 0 Å². The summed E-state index contributed by atoms with van der Waals surface area (Å²) in [5.41, 5.74) is 2.18. The molecule has 0 aromatic rings. The number of hydrogen-bond donors (Lipinski definition) is 1. The van der Waals surface area contributed by atoms with Crippen LogP contribution >= 0.6 is 0 Å². The Morgan fingerprint density at radius 1 is 0.931 bits per heavy atom. The Bertz CT molecular complexity index is 612. The van der Waals surface area contributed by atoms with E-state index in [1.807, 2.05) is 0 Å². The van der Waals surface area contributed by atoms with Crippen molar-refractivity contribution in [1.29, 1.82) is 0 Å². The van der Waals surface area contributed by atoms with Gasteiger partial charge in [0.05, 0.1) is 5.71 Å². The van der Waals surface area contributed by atoms with E-state index in [-0.39, 0.29) is 0 Å². The highest BCUT2D eigenvalue weighted by Gasteiger charge is 2.60. The van der Waals surface area contributed by atoms with Crippen LogP contribution in [0.5, 0.6) is 0 Å². The Balaban J connectivity index is 1.46. The monoisotopic (exact) mass is 401 g/mol. The molecule has 0 radical (unpaired) electrons. The zero-order chi connectivity index (χ0) is 20.8. The van der Waals surface area contributed by atoms with Crippen LogP contribution in [0.3, 0.4) is 0 Å². The highest BCUT2D eigenvalue weighted by molar-refractivity contribution is 5.85. The highest BCUT2D eigenvalue weighted by atomic mass is 16.4. The van der Waals surface area contributed by atoms with Gasteiger partial charge in [-0.05, 0) is 110 Å². The molecule has 0 spiro atoms. The minimum Gasteiger partial charge on any atom is -0.411 e. The van der Waals surface area contributed by atoms with Gasteiger partial charge in [0, 0.05) is 0 Å². The van der Waals surface area contributed by atoms with Gasteiger partial charge in [0.25, 0.3) is 0 Å². The standard InChI is InChI=1S/C27H47NO/c1-18(2)7-6-8-19(3)23-11-12-24-22-10-9-20-17-21(28-29)13-15-26(20,4)25(22)14-16-27(23,24)5/h18-20,22-25,29H,6-17H2,1-5H3/b28-21-/t19-,20-,22-,23-,24+,25-,26-,27+/m0/s1. The SMILES string of the molecule is CC(C)CCC[C@H](C)[C@@H]1CC[C@@H]2[C@@H]3CC[C@H]4C/C(=N\O)CC[C@]4(C)[C@H]3CC[C@@]21C. The first-order valence-electron chi connectivity index (χ1n) is 13.0. The smallest absolute Gasteiger partial charge is 0.0574 e. The molecule has 0 amide bonds. The van der Waals surface area contributed by atoms with Crippen LogP contribution < -0.4 is 0 Å². The fourth-order valence-electron chi connectivity index (χ4n) is 9.18. The van der Waals surface area contributed by atoms with Gasteiger partial charge >= 0.3 is 0 Å². The van der Waals surface area contributed by atoms with Crippen molar-refractivity contribution in [2.45, 2.75) is 112 Å². The van der Waals surface area contributed by atoms with Gasteiger partial charge in [0.2, 0.25) is 0 Å². The van der Waals surface area contributed by atoms with Crippen molar-refractivity contribution < 1.29 is 5.21 Å². The molecule has 0 unspecified atom stereocenters. The molecule has 4 aliphatic carbocycles. The summed E-state index contributed by atoms with van der Waals surface area (Å²) in [5.74, 6) is 6.36. The lowest BCUT2D eigenvalue weighted by Crippen LogP contribution is -2.53. The number of fused-ring (bicyclic) bond motifs is 5. The van der Waals surface area contributed by atoms with Crippen molar-refractivity contribution in [2.75, 3.05) is 0 Å². The first-order chi connectivity index (χ1) is 13.8. The largest absolute Gasteiger partial charge is 0.411 e. The lowest BCUT2D eigenvalue weighted by Gasteiger charge is -2.60. The lowest BCUT2D eigenvalue weighted by atomic mass is 9.44. The molecule has 166 valence electrons. The lowest BCUT2D eigenvalue weighted by molar-refractivity contribution is -0.105. The van der Waals surface area contributed by atoms with Gasteiger partial charge in [-0.25, -0.2) is 0 Å². The maximum Gasteiger partial charge on any atom is 0.0574 e. The molecule has 8 atom stereocenters. The summed E-state index contributed by atoms with van der Waals surface area (Å²) in [6, 6.07) is 0. The third-order valence-corrected chi connectivity index (χ3v) is 10.8. The van der Waals surface area contributed by atoms with Crippen LogP contribution in [0, 0.1) is 52.3 Å². The molecule has 2 nitrogen and oxygen atoms in total. The predicted octanol–water partition coefficient (Wildman–Crippen LogP) is 7.94. The number of hydrogen-bond acceptors (Lipinski definition) is 2. The van der Waals surface area contributed by atoms with Gasteiger partial charge < -0.3 is 5.21 Å². The first kappa shape index (κ1) is 21.7. The Morgan fingerprint density at radius 2 is 1.69 bits per heavy atom. The Morgan fingerprint density at radius 3 is 2.41 bits per heavy atom. The van der Waals surface area contributed by atoms with Crippen molar-refractivity contribution in [3.63, 3.8) is 0 Å². The van der Waals surface area contributed by atoms with Crippen LogP contribution in [0.15, 0.2) is 5.16 Å². The first-order valence-corrected chi connectivity index (χ1v) is 13.0. The minimum absolute atomic E-state index is 0.499. The third kappa shape index (κ3) is 3.69. The molecular weight excluding hydrogens is 354 g/mol. The quantitative estimate of drug-likeness (QED) is 0.368. The van der Waals surface area contributed by atoms with E-state index in [9.17, 15) is 5.21 Å². The number of oxime groups is 1. The van der Waals surface area contributed by atoms with E-state index in [2.05, 4.69) is 39.8 Å². The number of rotatable bonds is 5. The fourth-order valence-corrected chi connectivity index (χ4v) is 9.18. The van der Waals surface area contributed by atoms with Gasteiger partial charge in [-0.2, -0.15) is 0 Å². The zero-order valence-electron chi connectivity index (χ0n) is 19.9. The summed E-state index contributed by atoms with van der Waals surface area (Å²) < 4.78 is 0. The average Bonchev–Trinajstić information content (AvgIpc) is 3.04. The molecule has 4 fully saturated rings. The molecule has 0 heterocycles. The van der Waals surface area contributed by atoms with Crippen molar-refractivity contribution in [1.82, 2.24) is 0 Å². The van der Waals surface area contributed by atoms with Crippen LogP contribution in [0.1, 0.15) is 112 Å². The molecule has 0 saturated heterocycles. The molecule has 0 aliphatic heterocycles. The second-order valence-corrected chi connectivity index (χ2v) is 12.6. The van der Waals surface area contributed by atoms with Crippen LogP contribution in [-0.4, -0.2) is 10.9 Å². The number of nitrogens with zero attached hydrogens (tertiary/aromatic N) is 1. The van der Waals surface area contributed by atoms with E-state index in [1.54, 1.807) is 0 Å². The summed E-state index contributed by atoms with van der Waals surface area (Å²) >= 11 is 0. The maximum absolute atomic E-state index is 9.32. The van der Waals surface area contributed by atoms with Gasteiger partial charge in [0.15, 0.2) is 0 Å². The molecule has 0 aromatic heterocycles. The second-order valence-electron chi connectivity index (χ2n) is 12.6. The fraction of sp³-hybridized carbons (Fsp3) is 0.963. The van der Waals surface area contributed by atoms with Gasteiger partial charge in [-0.15, -0.1) is 0 Å². The van der Waals surface area contributed by atoms with E-state index in [1.165, 1.54) is 64.2 Å². The summed E-state index contributed by atoms with van der Waals surface area (Å²) in [4.78, 5) is 0. The van der Waals surface area contributed by atoms with Gasteiger partial charge in [-0.3, -0.25) is 0 Å². The average molecular weight is 402 g/mol. The van der Waals surface area contributed by atoms with Gasteiger partial charge in [0.1, 0.15) is 0 Å². The third-order valence-electron chi connectivity index (χ3n) is 10.8. The molecule has 4 saturated carbocycles. The maximum atomic E-state index is 9.32. The van der Waals surface area contributed by atoms with Crippen molar-refractivity contribution in [3.8, 4) is 0 Å². The Kier molecular flexibility index (Phi) is 6.13. The molecule has 29 heavy (non-hydrogen) atoms. The zero-order valence-corrected chi connectivity index (χ0v) is 19.9. The predicted molar refractivity (Wildman–Crippen MR) is 122 cm³/mol. The van der Waals surface area contributed by atoms with Crippen molar-refractivity contribution >= 4 is 5.71 Å². The minimum atomic E-state index is 0.499. The van der Waals surface area contributed by atoms with Crippen LogP contribution in [-0.2, 0) is 0 Å². The van der Waals surface area contributed by atoms with E-state index >= 15 is 0 Å². The molecule has 0 bridgehead atoms. The highest BCUT2D eigenvalue weighted by Crippen LogP contribution is 2.68. The van der Waals surface area contributed by atoms with Crippen LogP contribution in [0.25, 0.3) is 0 Å². The summed E-state index contributed by atoms with van der Waals surface area (Å²) in [6.45, 7) is 12.6. The Hall–Kier alpha value is -0.530. The van der Waals surface area contributed by atoms with Crippen LogP contribution in [0.4, 0.5) is 0 Å². The molecular formula is C27H47NO. The van der Waals surface area contributed by atoms with Gasteiger partial charge in [-0.1, -0.05) is 59.0 Å². The molecule has 2 heteroatoms. The second kappa shape index (κ2) is 8.19. The topological polar surface area (TPSA) is 32.6 Å². The molecule has 4 rings (SSSR count). The summed E-state index contributed by atoms with van der Waals surface area (Å²) in [6.07, 6.45) is 16.4.